The standard InChI is InChI=1S/C8H6BrO/c1-6(10)7-3-2-4-8(9)5-7/h2,4-5H,1H3. The SMILES string of the molecule is CC(=O)c1[c]ccc(Br)c1. The van der Waals surface area contributed by atoms with Crippen molar-refractivity contribution in [2.45, 2.75) is 6.92 Å². The Labute approximate surface area is 68.2 Å². The van der Waals surface area contributed by atoms with Gasteiger partial charge >= 0.3 is 0 Å². The molecule has 2 heteroatoms. The van der Waals surface area contributed by atoms with E-state index in [1.165, 1.54) is 6.92 Å². The molecule has 1 aromatic rings. The van der Waals surface area contributed by atoms with Crippen LogP contribution in [0.3, 0.4) is 0 Å². The van der Waals surface area contributed by atoms with Crippen LogP contribution in [0.25, 0.3) is 0 Å². The van der Waals surface area contributed by atoms with Crippen LogP contribution in [-0.4, -0.2) is 5.78 Å². The molecule has 0 unspecified atom stereocenters. The minimum atomic E-state index is 0.0429. The molecule has 0 saturated heterocycles. The van der Waals surface area contributed by atoms with Gasteiger partial charge in [0.05, 0.1) is 0 Å². The van der Waals surface area contributed by atoms with E-state index in [0.29, 0.717) is 5.56 Å². The summed E-state index contributed by atoms with van der Waals surface area (Å²) in [6.45, 7) is 1.53. The van der Waals surface area contributed by atoms with Crippen molar-refractivity contribution in [2.24, 2.45) is 0 Å². The Morgan fingerprint density at radius 1 is 1.70 bits per heavy atom. The average Bonchev–Trinajstić information content (AvgIpc) is 1.88. The maximum atomic E-state index is 10.7. The average molecular weight is 198 g/mol. The van der Waals surface area contributed by atoms with E-state index in [1.54, 1.807) is 12.1 Å². The second-order valence-corrected chi connectivity index (χ2v) is 2.89. The molecule has 51 valence electrons. The van der Waals surface area contributed by atoms with Gasteiger partial charge in [-0.05, 0) is 25.1 Å². The van der Waals surface area contributed by atoms with E-state index < -0.39 is 0 Å². The quantitative estimate of drug-likeness (QED) is 0.633. The van der Waals surface area contributed by atoms with Gasteiger partial charge in [-0.25, -0.2) is 0 Å². The highest BCUT2D eigenvalue weighted by molar-refractivity contribution is 9.10. The van der Waals surface area contributed by atoms with Gasteiger partial charge in [0.2, 0.25) is 0 Å². The van der Waals surface area contributed by atoms with E-state index in [-0.39, 0.29) is 5.78 Å². The van der Waals surface area contributed by atoms with Crippen LogP contribution >= 0.6 is 15.9 Å². The van der Waals surface area contributed by atoms with Crippen molar-refractivity contribution in [2.75, 3.05) is 0 Å². The molecule has 0 bridgehead atoms. The second-order valence-electron chi connectivity index (χ2n) is 1.98. The first-order valence-corrected chi connectivity index (χ1v) is 3.67. The fraction of sp³-hybridized carbons (Fsp3) is 0.125. The predicted molar refractivity (Wildman–Crippen MR) is 43.0 cm³/mol. The Morgan fingerprint density at radius 3 is 2.80 bits per heavy atom. The molecule has 0 amide bonds. The van der Waals surface area contributed by atoms with Gasteiger partial charge in [-0.1, -0.05) is 22.0 Å². The summed E-state index contributed by atoms with van der Waals surface area (Å²) in [7, 11) is 0. The predicted octanol–water partition coefficient (Wildman–Crippen LogP) is 2.45. The minimum Gasteiger partial charge on any atom is -0.294 e. The summed E-state index contributed by atoms with van der Waals surface area (Å²) in [5.41, 5.74) is 0.620. The molecule has 1 radical (unpaired) electrons. The summed E-state index contributed by atoms with van der Waals surface area (Å²) in [6, 6.07) is 8.14. The lowest BCUT2D eigenvalue weighted by Gasteiger charge is -1.92. The first-order chi connectivity index (χ1) is 4.70. The first-order valence-electron chi connectivity index (χ1n) is 2.88. The molecule has 10 heavy (non-hydrogen) atoms. The lowest BCUT2D eigenvalue weighted by molar-refractivity contribution is 0.101. The summed E-state index contributed by atoms with van der Waals surface area (Å²) < 4.78 is 0.913. The monoisotopic (exact) mass is 197 g/mol. The van der Waals surface area contributed by atoms with E-state index in [9.17, 15) is 4.79 Å². The van der Waals surface area contributed by atoms with E-state index >= 15 is 0 Å². The third kappa shape index (κ3) is 1.67. The van der Waals surface area contributed by atoms with Crippen molar-refractivity contribution in [1.82, 2.24) is 0 Å². The van der Waals surface area contributed by atoms with Gasteiger partial charge in [0.1, 0.15) is 0 Å². The highest BCUT2D eigenvalue weighted by Crippen LogP contribution is 2.10. The van der Waals surface area contributed by atoms with Crippen LogP contribution in [0.5, 0.6) is 0 Å². The number of rotatable bonds is 1. The lowest BCUT2D eigenvalue weighted by Crippen LogP contribution is -1.90. The molecule has 0 spiro atoms. The molecule has 1 nitrogen and oxygen atoms in total. The molecule has 0 atom stereocenters. The summed E-state index contributed by atoms with van der Waals surface area (Å²) in [4.78, 5) is 10.7. The third-order valence-corrected chi connectivity index (χ3v) is 1.64. The Hall–Kier alpha value is -0.630. The van der Waals surface area contributed by atoms with Crippen LogP contribution in [0.4, 0.5) is 0 Å². The van der Waals surface area contributed by atoms with Crippen LogP contribution in [0, 0.1) is 6.07 Å². The van der Waals surface area contributed by atoms with Gasteiger partial charge in [0, 0.05) is 10.0 Å². The third-order valence-electron chi connectivity index (χ3n) is 1.14. The van der Waals surface area contributed by atoms with Crippen molar-refractivity contribution < 1.29 is 4.79 Å². The van der Waals surface area contributed by atoms with Gasteiger partial charge in [0.15, 0.2) is 5.78 Å². The summed E-state index contributed by atoms with van der Waals surface area (Å²) in [5, 5.41) is 0. The lowest BCUT2D eigenvalue weighted by atomic mass is 10.2. The molecule has 1 aromatic carbocycles. The largest absolute Gasteiger partial charge is 0.294 e. The zero-order valence-corrected chi connectivity index (χ0v) is 7.10. The van der Waals surface area contributed by atoms with Gasteiger partial charge in [0.25, 0.3) is 0 Å². The molecule has 0 aliphatic rings. The fourth-order valence-corrected chi connectivity index (χ4v) is 1.00. The van der Waals surface area contributed by atoms with E-state index in [2.05, 4.69) is 22.0 Å². The first kappa shape index (κ1) is 7.48. The maximum Gasteiger partial charge on any atom is 0.160 e. The van der Waals surface area contributed by atoms with Crippen molar-refractivity contribution in [3.05, 3.63) is 34.3 Å². The number of hydrogen-bond donors (Lipinski definition) is 0. The smallest absolute Gasteiger partial charge is 0.160 e. The van der Waals surface area contributed by atoms with Crippen molar-refractivity contribution in [1.29, 1.82) is 0 Å². The fourth-order valence-electron chi connectivity index (χ4n) is 0.642. The van der Waals surface area contributed by atoms with Crippen molar-refractivity contribution in [3.63, 3.8) is 0 Å². The summed E-state index contributed by atoms with van der Waals surface area (Å²) >= 11 is 3.26. The molecule has 0 heterocycles. The molecule has 0 saturated carbocycles. The molecule has 0 aliphatic heterocycles. The zero-order chi connectivity index (χ0) is 7.56. The molecule has 1 rings (SSSR count). The Morgan fingerprint density at radius 2 is 2.40 bits per heavy atom. The summed E-state index contributed by atoms with van der Waals surface area (Å²) in [5.74, 6) is 0.0429. The van der Waals surface area contributed by atoms with Gasteiger partial charge in [-0.3, -0.25) is 4.79 Å². The molecule has 0 N–H and O–H groups in total. The van der Waals surface area contributed by atoms with Crippen molar-refractivity contribution in [3.8, 4) is 0 Å². The molecule has 0 aliphatic carbocycles. The molecular formula is C8H6BrO. The maximum absolute atomic E-state index is 10.7. The Kier molecular flexibility index (Phi) is 2.22. The summed E-state index contributed by atoms with van der Waals surface area (Å²) in [6.07, 6.45) is 0. The molecule has 0 aromatic heterocycles. The van der Waals surface area contributed by atoms with Crippen LogP contribution in [-0.2, 0) is 0 Å². The second kappa shape index (κ2) is 2.97. The van der Waals surface area contributed by atoms with Crippen molar-refractivity contribution >= 4 is 21.7 Å². The van der Waals surface area contributed by atoms with Crippen LogP contribution in [0.1, 0.15) is 17.3 Å². The highest BCUT2D eigenvalue weighted by atomic mass is 79.9. The van der Waals surface area contributed by atoms with E-state index in [0.717, 1.165) is 4.47 Å². The number of hydrogen-bond acceptors (Lipinski definition) is 1. The number of Topliss-reactive ketones (excluding diaryl/α,β-unsaturated/α-hetero) is 1. The molecule has 0 fully saturated rings. The van der Waals surface area contributed by atoms with Crippen LogP contribution < -0.4 is 0 Å². The van der Waals surface area contributed by atoms with E-state index in [4.69, 9.17) is 0 Å². The number of halogens is 1. The highest BCUT2D eigenvalue weighted by Gasteiger charge is 1.97. The topological polar surface area (TPSA) is 17.1 Å². The Balaban J connectivity index is 3.07. The number of carbonyl (C=O) groups excluding carboxylic acids is 1. The van der Waals surface area contributed by atoms with Crippen LogP contribution in [0.2, 0.25) is 0 Å². The normalized spacial score (nSPS) is 9.40. The number of carbonyl (C=O) groups is 1. The van der Waals surface area contributed by atoms with E-state index in [1.807, 2.05) is 6.07 Å². The zero-order valence-electron chi connectivity index (χ0n) is 5.52. The minimum absolute atomic E-state index is 0.0429. The van der Waals surface area contributed by atoms with Gasteiger partial charge in [-0.2, -0.15) is 0 Å². The van der Waals surface area contributed by atoms with Gasteiger partial charge < -0.3 is 0 Å². The van der Waals surface area contributed by atoms with Crippen LogP contribution in [0.15, 0.2) is 22.7 Å². The number of benzene rings is 1. The number of ketones is 1. The Bertz CT molecular complexity index is 255. The van der Waals surface area contributed by atoms with Gasteiger partial charge in [-0.15, -0.1) is 0 Å². The molecular weight excluding hydrogens is 192 g/mol.